The maximum Gasteiger partial charge on any atom is 0.331 e. The second-order valence-electron chi connectivity index (χ2n) is 13.4. The summed E-state index contributed by atoms with van der Waals surface area (Å²) in [5.41, 5.74) is -0.877. The average Bonchev–Trinajstić information content (AvgIpc) is 3.75. The number of carbonyl (C=O) groups excluding carboxylic acids is 4. The van der Waals surface area contributed by atoms with E-state index in [-0.39, 0.29) is 43.0 Å². The summed E-state index contributed by atoms with van der Waals surface area (Å²) in [5.74, 6) is -2.55. The number of rotatable bonds is 8. The van der Waals surface area contributed by atoms with Gasteiger partial charge in [0.2, 0.25) is 5.78 Å². The molecule has 1 aromatic carbocycles. The Morgan fingerprint density at radius 1 is 1.05 bits per heavy atom. The number of Topliss-reactive ketones (excluding diaryl/α,β-unsaturated/α-hetero) is 1. The Hall–Kier alpha value is -3.26. The average molecular weight is 593 g/mol. The predicted molar refractivity (Wildman–Crippen MR) is 159 cm³/mol. The minimum absolute atomic E-state index is 0.0404. The number of esters is 3. The summed E-state index contributed by atoms with van der Waals surface area (Å²) in [5, 5.41) is 0. The molecule has 232 valence electrons. The van der Waals surface area contributed by atoms with Crippen molar-refractivity contribution in [1.82, 2.24) is 0 Å². The molecule has 0 N–H and O–H groups in total. The van der Waals surface area contributed by atoms with Crippen LogP contribution in [0.1, 0.15) is 79.2 Å². The summed E-state index contributed by atoms with van der Waals surface area (Å²) in [6.07, 6.45) is 5.72. The van der Waals surface area contributed by atoms with Crippen LogP contribution in [-0.4, -0.2) is 53.7 Å². The zero-order valence-electron chi connectivity index (χ0n) is 26.1. The van der Waals surface area contributed by atoms with Gasteiger partial charge in [0.15, 0.2) is 5.60 Å². The molecule has 3 fully saturated rings. The first-order valence-electron chi connectivity index (χ1n) is 15.6. The molecular formula is C35H44O8. The van der Waals surface area contributed by atoms with Gasteiger partial charge in [-0.3, -0.25) is 14.4 Å². The number of ketones is 1. The number of ether oxygens (including phenoxy) is 4. The van der Waals surface area contributed by atoms with E-state index in [4.69, 9.17) is 18.9 Å². The van der Waals surface area contributed by atoms with Crippen molar-refractivity contribution in [3.63, 3.8) is 0 Å². The molecular weight excluding hydrogens is 548 g/mol. The Morgan fingerprint density at radius 2 is 1.74 bits per heavy atom. The van der Waals surface area contributed by atoms with Gasteiger partial charge in [-0.2, -0.15) is 0 Å². The summed E-state index contributed by atoms with van der Waals surface area (Å²) >= 11 is 0. The fourth-order valence-corrected chi connectivity index (χ4v) is 7.52. The molecule has 0 bridgehead atoms. The van der Waals surface area contributed by atoms with Crippen molar-refractivity contribution < 1.29 is 38.1 Å². The monoisotopic (exact) mass is 592 g/mol. The van der Waals surface area contributed by atoms with Crippen molar-refractivity contribution in [3.05, 3.63) is 53.6 Å². The Kier molecular flexibility index (Phi) is 8.47. The van der Waals surface area contributed by atoms with Gasteiger partial charge in [-0.25, -0.2) is 4.79 Å². The molecule has 0 aromatic heterocycles. The number of epoxide rings is 1. The van der Waals surface area contributed by atoms with Crippen LogP contribution in [0.25, 0.3) is 6.08 Å². The smallest absolute Gasteiger partial charge is 0.331 e. The largest absolute Gasteiger partial charge is 0.465 e. The van der Waals surface area contributed by atoms with Gasteiger partial charge in [0, 0.05) is 31.3 Å². The van der Waals surface area contributed by atoms with Crippen molar-refractivity contribution in [1.29, 1.82) is 0 Å². The van der Waals surface area contributed by atoms with Crippen LogP contribution in [0.2, 0.25) is 0 Å². The van der Waals surface area contributed by atoms with Crippen molar-refractivity contribution in [2.45, 2.75) is 97.1 Å². The van der Waals surface area contributed by atoms with Gasteiger partial charge >= 0.3 is 17.9 Å². The van der Waals surface area contributed by atoms with E-state index < -0.39 is 53.2 Å². The summed E-state index contributed by atoms with van der Waals surface area (Å²) in [7, 11) is 0. The van der Waals surface area contributed by atoms with E-state index in [0.29, 0.717) is 11.5 Å². The lowest BCUT2D eigenvalue weighted by atomic mass is 9.77. The van der Waals surface area contributed by atoms with Crippen LogP contribution < -0.4 is 0 Å². The van der Waals surface area contributed by atoms with E-state index in [1.165, 1.54) is 6.08 Å². The first-order chi connectivity index (χ1) is 20.4. The van der Waals surface area contributed by atoms with Gasteiger partial charge < -0.3 is 18.9 Å². The minimum Gasteiger partial charge on any atom is -0.465 e. The highest BCUT2D eigenvalue weighted by atomic mass is 16.6. The molecule has 8 nitrogen and oxygen atoms in total. The molecule has 5 rings (SSSR count). The maximum atomic E-state index is 14.7. The zero-order valence-corrected chi connectivity index (χ0v) is 26.1. The predicted octanol–water partition coefficient (Wildman–Crippen LogP) is 5.63. The van der Waals surface area contributed by atoms with Crippen molar-refractivity contribution in [3.8, 4) is 0 Å². The number of allylic oxidation sites excluding steroid dienone is 1. The van der Waals surface area contributed by atoms with Gasteiger partial charge in [-0.15, -0.1) is 0 Å². The molecule has 0 amide bonds. The summed E-state index contributed by atoms with van der Waals surface area (Å²) < 4.78 is 24.3. The fraction of sp³-hybridized carbons (Fsp3) is 0.600. The number of fused-ring (bicyclic) bond motifs is 4. The van der Waals surface area contributed by atoms with E-state index in [0.717, 1.165) is 18.4 Å². The Bertz CT molecular complexity index is 1330. The van der Waals surface area contributed by atoms with Gasteiger partial charge in [0.25, 0.3) is 0 Å². The van der Waals surface area contributed by atoms with E-state index in [9.17, 15) is 19.2 Å². The standard InChI is InChI=1S/C35H44O8/c1-7-26(36)40-20-23-19-35(42-28(38)15-14-22-12-10-9-11-13-22)29(30(23)41-27(37)8-2)32-34(6,43-32)17-16-24-25(33(24,4)5)18-21(3)31(35)39/h9-15,18,23-25,29-30,32H,7-8,16-17,19-20H2,1-6H3. The Morgan fingerprint density at radius 3 is 2.42 bits per heavy atom. The van der Waals surface area contributed by atoms with Gasteiger partial charge in [0.1, 0.15) is 6.10 Å². The molecule has 0 radical (unpaired) electrons. The van der Waals surface area contributed by atoms with Crippen molar-refractivity contribution in [2.75, 3.05) is 6.61 Å². The highest BCUT2D eigenvalue weighted by molar-refractivity contribution is 6.04. The van der Waals surface area contributed by atoms with E-state index >= 15 is 0 Å². The topological polar surface area (TPSA) is 108 Å². The van der Waals surface area contributed by atoms with Crippen LogP contribution in [0.5, 0.6) is 0 Å². The highest BCUT2D eigenvalue weighted by Gasteiger charge is 2.73. The quantitative estimate of drug-likeness (QED) is 0.165. The fourth-order valence-electron chi connectivity index (χ4n) is 7.52. The van der Waals surface area contributed by atoms with E-state index in [1.54, 1.807) is 26.8 Å². The molecule has 8 unspecified atom stereocenters. The molecule has 1 aliphatic heterocycles. The minimum atomic E-state index is -1.68. The number of benzene rings is 1. The van der Waals surface area contributed by atoms with Crippen LogP contribution in [0.15, 0.2) is 48.1 Å². The van der Waals surface area contributed by atoms with Crippen LogP contribution in [0.3, 0.4) is 0 Å². The molecule has 8 atom stereocenters. The summed E-state index contributed by atoms with van der Waals surface area (Å²) in [6, 6.07) is 9.34. The number of hydrogen-bond donors (Lipinski definition) is 0. The van der Waals surface area contributed by atoms with Gasteiger partial charge in [-0.05, 0) is 61.2 Å². The lowest BCUT2D eigenvalue weighted by Crippen LogP contribution is -2.52. The lowest BCUT2D eigenvalue weighted by molar-refractivity contribution is -0.172. The third kappa shape index (κ3) is 5.95. The van der Waals surface area contributed by atoms with Crippen LogP contribution >= 0.6 is 0 Å². The van der Waals surface area contributed by atoms with Crippen molar-refractivity contribution in [2.24, 2.45) is 29.1 Å². The molecule has 0 spiro atoms. The van der Waals surface area contributed by atoms with E-state index in [2.05, 4.69) is 13.8 Å². The molecule has 2 saturated carbocycles. The second-order valence-corrected chi connectivity index (χ2v) is 13.4. The third-order valence-corrected chi connectivity index (χ3v) is 10.2. The summed E-state index contributed by atoms with van der Waals surface area (Å²) in [4.78, 5) is 53.2. The van der Waals surface area contributed by atoms with Crippen LogP contribution in [0.4, 0.5) is 0 Å². The zero-order chi connectivity index (χ0) is 31.2. The Balaban J connectivity index is 1.60. The van der Waals surface area contributed by atoms with Gasteiger partial charge in [0.05, 0.1) is 24.2 Å². The first kappa shape index (κ1) is 31.2. The third-order valence-electron chi connectivity index (χ3n) is 10.2. The molecule has 3 aliphatic carbocycles. The first-order valence-corrected chi connectivity index (χ1v) is 15.6. The molecule has 1 heterocycles. The van der Waals surface area contributed by atoms with E-state index in [1.807, 2.05) is 43.3 Å². The molecule has 1 aromatic rings. The summed E-state index contributed by atoms with van der Waals surface area (Å²) in [6.45, 7) is 11.6. The maximum absolute atomic E-state index is 14.7. The normalized spacial score (nSPS) is 35.9. The molecule has 1 saturated heterocycles. The highest BCUT2D eigenvalue weighted by Crippen LogP contribution is 2.65. The number of carbonyl (C=O) groups is 4. The van der Waals surface area contributed by atoms with Gasteiger partial charge in [-0.1, -0.05) is 64.1 Å². The molecule has 4 aliphatic rings. The number of hydrogen-bond acceptors (Lipinski definition) is 8. The van der Waals surface area contributed by atoms with Crippen LogP contribution in [0, 0.1) is 29.1 Å². The second kappa shape index (κ2) is 11.7. The SMILES string of the molecule is CCC(=O)OCC1CC2(OC(=O)C=Cc3ccccc3)C(=O)C(C)=CC3C(CCC4(C)OC4C2C1OC(=O)CC)C3(C)C. The molecule has 8 heteroatoms. The van der Waals surface area contributed by atoms with Crippen LogP contribution in [-0.2, 0) is 38.1 Å². The van der Waals surface area contributed by atoms with Crippen molar-refractivity contribution >= 4 is 29.8 Å². The lowest BCUT2D eigenvalue weighted by Gasteiger charge is -2.35. The molecule has 43 heavy (non-hydrogen) atoms. The Labute approximate surface area is 254 Å².